The largest absolute Gasteiger partial charge is 0.493 e. The highest BCUT2D eigenvalue weighted by Crippen LogP contribution is 2.48. The fourth-order valence-corrected chi connectivity index (χ4v) is 5.42. The molecule has 6 heteroatoms. The Morgan fingerprint density at radius 2 is 1.74 bits per heavy atom. The first-order valence-electron chi connectivity index (χ1n) is 10.2. The molecule has 1 amide bonds. The van der Waals surface area contributed by atoms with Crippen LogP contribution in [0.5, 0.6) is 11.5 Å². The summed E-state index contributed by atoms with van der Waals surface area (Å²) >= 11 is 8.02. The van der Waals surface area contributed by atoms with E-state index in [2.05, 4.69) is 0 Å². The molecule has 4 nitrogen and oxygen atoms in total. The summed E-state index contributed by atoms with van der Waals surface area (Å²) in [4.78, 5) is 15.4. The molecule has 1 heterocycles. The van der Waals surface area contributed by atoms with E-state index >= 15 is 0 Å². The number of para-hydroxylation sites is 1. The average molecular weight is 454 g/mol. The smallest absolute Gasteiger partial charge is 0.241 e. The summed E-state index contributed by atoms with van der Waals surface area (Å²) in [6, 6.07) is 23.4. The van der Waals surface area contributed by atoms with E-state index in [9.17, 15) is 4.79 Å². The molecule has 1 aliphatic rings. The van der Waals surface area contributed by atoms with Gasteiger partial charge in [0.05, 0.1) is 19.0 Å². The number of amides is 1. The molecule has 1 saturated heterocycles. The maximum atomic E-state index is 13.5. The predicted molar refractivity (Wildman–Crippen MR) is 127 cm³/mol. The van der Waals surface area contributed by atoms with Gasteiger partial charge in [-0.15, -0.1) is 11.8 Å². The van der Waals surface area contributed by atoms with Gasteiger partial charge in [-0.3, -0.25) is 9.69 Å². The van der Waals surface area contributed by atoms with Crippen LogP contribution < -0.4 is 14.4 Å². The van der Waals surface area contributed by atoms with Crippen LogP contribution in [0.15, 0.2) is 72.8 Å². The van der Waals surface area contributed by atoms with Gasteiger partial charge in [-0.25, -0.2) is 0 Å². The lowest BCUT2D eigenvalue weighted by atomic mass is 10.1. The van der Waals surface area contributed by atoms with Gasteiger partial charge in [-0.05, 0) is 54.8 Å². The van der Waals surface area contributed by atoms with Gasteiger partial charge in [0.2, 0.25) is 5.91 Å². The van der Waals surface area contributed by atoms with Gasteiger partial charge >= 0.3 is 0 Å². The summed E-state index contributed by atoms with van der Waals surface area (Å²) in [5, 5.41) is 0.281. The van der Waals surface area contributed by atoms with Crippen LogP contribution in [-0.2, 0) is 11.2 Å². The molecule has 0 radical (unpaired) electrons. The minimum atomic E-state index is -0.234. The Morgan fingerprint density at radius 1 is 1.00 bits per heavy atom. The zero-order valence-electron chi connectivity index (χ0n) is 17.5. The molecule has 31 heavy (non-hydrogen) atoms. The number of carbonyl (C=O) groups excluding carboxylic acids is 1. The van der Waals surface area contributed by atoms with Crippen molar-refractivity contribution in [2.24, 2.45) is 0 Å². The molecule has 3 aromatic carbocycles. The Labute approximate surface area is 192 Å². The first-order valence-corrected chi connectivity index (χ1v) is 11.5. The van der Waals surface area contributed by atoms with Gasteiger partial charge in [0.1, 0.15) is 5.37 Å². The molecule has 0 aromatic heterocycles. The first kappa shape index (κ1) is 21.6. The van der Waals surface area contributed by atoms with E-state index in [1.807, 2.05) is 84.6 Å². The third-order valence-electron chi connectivity index (χ3n) is 5.21. The van der Waals surface area contributed by atoms with Crippen LogP contribution in [0.25, 0.3) is 0 Å². The quantitative estimate of drug-likeness (QED) is 0.431. The number of carbonyl (C=O) groups is 1. The molecule has 0 N–H and O–H groups in total. The molecule has 0 unspecified atom stereocenters. The molecular weight excluding hydrogens is 430 g/mol. The average Bonchev–Trinajstić information content (AvgIpc) is 3.12. The summed E-state index contributed by atoms with van der Waals surface area (Å²) in [5.41, 5.74) is 2.85. The van der Waals surface area contributed by atoms with Crippen LogP contribution in [0.4, 0.5) is 5.69 Å². The SMILES string of the molecule is CCOc1cc([C@H]2S[C@@H](Cc3ccccc3Cl)C(=O)N2c2ccccc2)ccc1OC. The number of hydrogen-bond donors (Lipinski definition) is 0. The number of halogens is 1. The van der Waals surface area contributed by atoms with Crippen molar-refractivity contribution in [3.05, 3.63) is 88.9 Å². The topological polar surface area (TPSA) is 38.8 Å². The summed E-state index contributed by atoms with van der Waals surface area (Å²) < 4.78 is 11.2. The van der Waals surface area contributed by atoms with Crippen molar-refractivity contribution in [3.63, 3.8) is 0 Å². The fraction of sp³-hybridized carbons (Fsp3) is 0.240. The first-order chi connectivity index (χ1) is 15.1. The summed E-state index contributed by atoms with van der Waals surface area (Å²) in [7, 11) is 1.63. The van der Waals surface area contributed by atoms with Gasteiger partial charge in [0, 0.05) is 10.7 Å². The van der Waals surface area contributed by atoms with Gasteiger partial charge in [-0.1, -0.05) is 54.1 Å². The second kappa shape index (κ2) is 9.67. The molecule has 2 atom stereocenters. The molecule has 0 saturated carbocycles. The van der Waals surface area contributed by atoms with Crippen LogP contribution in [0.2, 0.25) is 5.02 Å². The van der Waals surface area contributed by atoms with Crippen LogP contribution in [0.1, 0.15) is 23.4 Å². The lowest BCUT2D eigenvalue weighted by Crippen LogP contribution is -2.31. The van der Waals surface area contributed by atoms with Gasteiger partial charge in [0.15, 0.2) is 11.5 Å². The second-order valence-electron chi connectivity index (χ2n) is 7.16. The molecule has 3 aromatic rings. The zero-order valence-corrected chi connectivity index (χ0v) is 19.0. The Bertz CT molecular complexity index is 1060. The lowest BCUT2D eigenvalue weighted by molar-refractivity contribution is -0.117. The maximum absolute atomic E-state index is 13.5. The Balaban J connectivity index is 1.71. The van der Waals surface area contributed by atoms with Crippen LogP contribution in [0, 0.1) is 0 Å². The minimum absolute atomic E-state index is 0.0786. The lowest BCUT2D eigenvalue weighted by Gasteiger charge is -2.25. The van der Waals surface area contributed by atoms with Crippen LogP contribution in [-0.4, -0.2) is 24.9 Å². The Hall–Kier alpha value is -2.63. The number of methoxy groups -OCH3 is 1. The van der Waals surface area contributed by atoms with Crippen molar-refractivity contribution in [1.29, 1.82) is 0 Å². The molecule has 0 aliphatic carbocycles. The summed E-state index contributed by atoms with van der Waals surface area (Å²) in [5.74, 6) is 1.44. The number of benzene rings is 3. The van der Waals surface area contributed by atoms with Crippen LogP contribution >= 0.6 is 23.4 Å². The zero-order chi connectivity index (χ0) is 21.8. The van der Waals surface area contributed by atoms with Gasteiger partial charge in [0.25, 0.3) is 0 Å². The molecule has 0 bridgehead atoms. The Morgan fingerprint density at radius 3 is 2.45 bits per heavy atom. The number of ether oxygens (including phenoxy) is 2. The van der Waals surface area contributed by atoms with E-state index < -0.39 is 0 Å². The van der Waals surface area contributed by atoms with Crippen molar-refractivity contribution >= 4 is 35.0 Å². The van der Waals surface area contributed by atoms with Crippen LogP contribution in [0.3, 0.4) is 0 Å². The van der Waals surface area contributed by atoms with Crippen molar-refractivity contribution in [2.75, 3.05) is 18.6 Å². The van der Waals surface area contributed by atoms with Gasteiger partial charge in [-0.2, -0.15) is 0 Å². The molecule has 1 fully saturated rings. The molecule has 0 spiro atoms. The third-order valence-corrected chi connectivity index (χ3v) is 7.02. The Kier molecular flexibility index (Phi) is 6.73. The van der Waals surface area contributed by atoms with Crippen molar-refractivity contribution in [3.8, 4) is 11.5 Å². The van der Waals surface area contributed by atoms with E-state index in [0.717, 1.165) is 16.8 Å². The van der Waals surface area contributed by atoms with Gasteiger partial charge < -0.3 is 9.47 Å². The highest BCUT2D eigenvalue weighted by atomic mass is 35.5. The standard InChI is InChI=1S/C25H24ClNO3S/c1-3-30-22-15-18(13-14-21(22)29-2)25-27(19-10-5-4-6-11-19)24(28)23(31-25)16-17-9-7-8-12-20(17)26/h4-15,23,25H,3,16H2,1-2H3/t23-,25+/m0/s1. The van der Waals surface area contributed by atoms with Crippen molar-refractivity contribution < 1.29 is 14.3 Å². The maximum Gasteiger partial charge on any atom is 0.241 e. The second-order valence-corrected chi connectivity index (χ2v) is 8.85. The third kappa shape index (κ3) is 4.53. The van der Waals surface area contributed by atoms with E-state index in [0.29, 0.717) is 29.5 Å². The summed E-state index contributed by atoms with van der Waals surface area (Å²) in [6.45, 7) is 2.48. The molecule has 4 rings (SSSR count). The normalized spacial score (nSPS) is 18.3. The monoisotopic (exact) mass is 453 g/mol. The number of rotatable bonds is 7. The minimum Gasteiger partial charge on any atom is -0.493 e. The highest BCUT2D eigenvalue weighted by Gasteiger charge is 2.42. The summed E-state index contributed by atoms with van der Waals surface area (Å²) in [6.07, 6.45) is 0.581. The van der Waals surface area contributed by atoms with Crippen molar-refractivity contribution in [2.45, 2.75) is 24.0 Å². The number of thioether (sulfide) groups is 1. The molecule has 160 valence electrons. The van der Waals surface area contributed by atoms with E-state index in [-0.39, 0.29) is 16.5 Å². The van der Waals surface area contributed by atoms with E-state index in [1.54, 1.807) is 18.9 Å². The van der Waals surface area contributed by atoms with E-state index in [1.165, 1.54) is 0 Å². The number of anilines is 1. The number of nitrogens with zero attached hydrogens (tertiary/aromatic N) is 1. The van der Waals surface area contributed by atoms with Crippen molar-refractivity contribution in [1.82, 2.24) is 0 Å². The predicted octanol–water partition coefficient (Wildman–Crippen LogP) is 6.14. The highest BCUT2D eigenvalue weighted by molar-refractivity contribution is 8.01. The molecule has 1 aliphatic heterocycles. The van der Waals surface area contributed by atoms with E-state index in [4.69, 9.17) is 21.1 Å². The molecular formula is C25H24ClNO3S. The number of hydrogen-bond acceptors (Lipinski definition) is 4. The fourth-order valence-electron chi connectivity index (χ4n) is 3.74.